The van der Waals surface area contributed by atoms with Crippen LogP contribution < -0.4 is 15.0 Å². The SMILES string of the molecule is CCC(=O)NCCN1C(=O)[C@](C)(CCO)Oc2cc(C)c(C(=O)N(C(C)C)C3CCCCC3)cc21. The predicted molar refractivity (Wildman–Crippen MR) is 136 cm³/mol. The summed E-state index contributed by atoms with van der Waals surface area (Å²) in [5.74, 6) is 0.0942. The molecule has 1 fully saturated rings. The second-order valence-electron chi connectivity index (χ2n) is 10.2. The van der Waals surface area contributed by atoms with E-state index in [4.69, 9.17) is 4.74 Å². The molecule has 2 aliphatic rings. The fourth-order valence-electron chi connectivity index (χ4n) is 5.22. The summed E-state index contributed by atoms with van der Waals surface area (Å²) in [5, 5.41) is 12.4. The zero-order valence-corrected chi connectivity index (χ0v) is 21.9. The van der Waals surface area contributed by atoms with Gasteiger partial charge in [-0.15, -0.1) is 0 Å². The van der Waals surface area contributed by atoms with Crippen LogP contribution in [0.3, 0.4) is 0 Å². The van der Waals surface area contributed by atoms with E-state index in [9.17, 15) is 19.5 Å². The first-order valence-electron chi connectivity index (χ1n) is 13.0. The molecule has 1 aliphatic heterocycles. The van der Waals surface area contributed by atoms with Crippen molar-refractivity contribution in [1.82, 2.24) is 10.2 Å². The van der Waals surface area contributed by atoms with E-state index >= 15 is 0 Å². The van der Waals surface area contributed by atoms with Crippen molar-refractivity contribution in [3.05, 3.63) is 23.3 Å². The first-order chi connectivity index (χ1) is 16.6. The van der Waals surface area contributed by atoms with Crippen LogP contribution in [0.25, 0.3) is 0 Å². The Kier molecular flexibility index (Phi) is 8.80. The maximum atomic E-state index is 13.8. The van der Waals surface area contributed by atoms with Gasteiger partial charge in [0.1, 0.15) is 5.75 Å². The lowest BCUT2D eigenvalue weighted by molar-refractivity contribution is -0.135. The van der Waals surface area contributed by atoms with Crippen LogP contribution in [0.1, 0.15) is 88.6 Å². The number of nitrogens with zero attached hydrogens (tertiary/aromatic N) is 2. The van der Waals surface area contributed by atoms with Crippen LogP contribution in [-0.2, 0) is 9.59 Å². The van der Waals surface area contributed by atoms with Crippen molar-refractivity contribution < 1.29 is 24.2 Å². The largest absolute Gasteiger partial charge is 0.475 e. The van der Waals surface area contributed by atoms with Crippen LogP contribution in [0, 0.1) is 6.92 Å². The minimum absolute atomic E-state index is 0.0254. The van der Waals surface area contributed by atoms with Crippen LogP contribution in [0.4, 0.5) is 5.69 Å². The maximum Gasteiger partial charge on any atom is 0.271 e. The number of fused-ring (bicyclic) bond motifs is 1. The van der Waals surface area contributed by atoms with Gasteiger partial charge in [-0.05, 0) is 58.2 Å². The molecule has 3 amide bonds. The molecule has 1 aromatic rings. The van der Waals surface area contributed by atoms with Crippen molar-refractivity contribution in [3.63, 3.8) is 0 Å². The standard InChI is InChI=1S/C27H41N3O5/c1-6-24(32)28-13-14-29-22-17-21(25(33)30(18(2)3)20-10-8-7-9-11-20)19(4)16-23(22)35-27(5,12-15-31)26(29)34/h16-18,20,31H,6-15H2,1-5H3,(H,28,32)/t27-/m0/s1. The van der Waals surface area contributed by atoms with E-state index in [1.807, 2.05) is 17.9 Å². The zero-order valence-electron chi connectivity index (χ0n) is 21.9. The first-order valence-corrected chi connectivity index (χ1v) is 13.0. The van der Waals surface area contributed by atoms with Gasteiger partial charge in [0, 0.05) is 50.2 Å². The lowest BCUT2D eigenvalue weighted by atomic mass is 9.92. The molecular formula is C27H41N3O5. The van der Waals surface area contributed by atoms with Crippen LogP contribution in [-0.4, -0.2) is 65.1 Å². The third-order valence-electron chi connectivity index (χ3n) is 7.19. The Morgan fingerprint density at radius 1 is 1.26 bits per heavy atom. The van der Waals surface area contributed by atoms with E-state index < -0.39 is 5.60 Å². The van der Waals surface area contributed by atoms with Crippen molar-refractivity contribution in [2.75, 3.05) is 24.6 Å². The molecule has 8 nitrogen and oxygen atoms in total. The van der Waals surface area contributed by atoms with Gasteiger partial charge in [0.05, 0.1) is 5.69 Å². The van der Waals surface area contributed by atoms with E-state index in [0.29, 0.717) is 23.4 Å². The molecule has 1 atom stereocenters. The summed E-state index contributed by atoms with van der Waals surface area (Å²) < 4.78 is 6.13. The van der Waals surface area contributed by atoms with Gasteiger partial charge >= 0.3 is 0 Å². The van der Waals surface area contributed by atoms with Gasteiger partial charge in [-0.2, -0.15) is 0 Å². The number of carbonyl (C=O) groups is 3. The summed E-state index contributed by atoms with van der Waals surface area (Å²) in [4.78, 5) is 42.7. The molecule has 0 bridgehead atoms. The van der Waals surface area contributed by atoms with Crippen LogP contribution in [0.15, 0.2) is 12.1 Å². The van der Waals surface area contributed by atoms with Crippen molar-refractivity contribution in [2.24, 2.45) is 0 Å². The maximum absolute atomic E-state index is 13.8. The Balaban J connectivity index is 1.99. The van der Waals surface area contributed by atoms with Crippen molar-refractivity contribution >= 4 is 23.4 Å². The van der Waals surface area contributed by atoms with Crippen molar-refractivity contribution in [2.45, 2.75) is 97.2 Å². The molecule has 1 aliphatic carbocycles. The first kappa shape index (κ1) is 27.0. The Morgan fingerprint density at radius 2 is 1.94 bits per heavy atom. The van der Waals surface area contributed by atoms with Gasteiger partial charge in [0.15, 0.2) is 5.60 Å². The summed E-state index contributed by atoms with van der Waals surface area (Å²) in [6, 6.07) is 3.87. The molecule has 1 saturated carbocycles. The van der Waals surface area contributed by atoms with Crippen LogP contribution in [0.5, 0.6) is 5.75 Å². The highest BCUT2D eigenvalue weighted by Gasteiger charge is 2.45. The normalized spacial score (nSPS) is 20.4. The average Bonchev–Trinajstić information content (AvgIpc) is 2.81. The quantitative estimate of drug-likeness (QED) is 0.555. The average molecular weight is 488 g/mol. The number of rotatable bonds is 9. The molecule has 194 valence electrons. The fraction of sp³-hybridized carbons (Fsp3) is 0.667. The molecule has 35 heavy (non-hydrogen) atoms. The molecule has 0 saturated heterocycles. The minimum atomic E-state index is -1.22. The molecule has 0 unspecified atom stereocenters. The van der Waals surface area contributed by atoms with Gasteiger partial charge in [0.2, 0.25) is 5.91 Å². The van der Waals surface area contributed by atoms with E-state index in [0.717, 1.165) is 31.2 Å². The van der Waals surface area contributed by atoms with Crippen molar-refractivity contribution in [1.29, 1.82) is 0 Å². The monoisotopic (exact) mass is 487 g/mol. The number of aliphatic hydroxyl groups is 1. The molecule has 2 N–H and O–H groups in total. The number of amides is 3. The van der Waals surface area contributed by atoms with E-state index in [1.165, 1.54) is 6.42 Å². The van der Waals surface area contributed by atoms with Gasteiger partial charge in [0.25, 0.3) is 11.8 Å². The van der Waals surface area contributed by atoms with Crippen LogP contribution in [0.2, 0.25) is 0 Å². The highest BCUT2D eigenvalue weighted by Crippen LogP contribution is 2.41. The Labute approximate surface area is 209 Å². The molecule has 1 heterocycles. The van der Waals surface area contributed by atoms with Gasteiger partial charge < -0.3 is 25.0 Å². The Hall–Kier alpha value is -2.61. The summed E-state index contributed by atoms with van der Waals surface area (Å²) in [6.45, 7) is 9.77. The van der Waals surface area contributed by atoms with E-state index in [-0.39, 0.29) is 55.9 Å². The van der Waals surface area contributed by atoms with E-state index in [2.05, 4.69) is 19.2 Å². The number of nitrogens with one attached hydrogen (secondary N) is 1. The third kappa shape index (κ3) is 5.80. The number of hydrogen-bond acceptors (Lipinski definition) is 5. The predicted octanol–water partition coefficient (Wildman–Crippen LogP) is 3.57. The summed E-state index contributed by atoms with van der Waals surface area (Å²) in [6.07, 6.45) is 6.01. The fourth-order valence-corrected chi connectivity index (χ4v) is 5.22. The number of benzene rings is 1. The minimum Gasteiger partial charge on any atom is -0.475 e. The molecular weight excluding hydrogens is 446 g/mol. The molecule has 1 aromatic carbocycles. The molecule has 3 rings (SSSR count). The number of ether oxygens (including phenoxy) is 1. The van der Waals surface area contributed by atoms with E-state index in [1.54, 1.807) is 24.8 Å². The van der Waals surface area contributed by atoms with Crippen molar-refractivity contribution in [3.8, 4) is 5.75 Å². The highest BCUT2D eigenvalue weighted by molar-refractivity contribution is 6.05. The lowest BCUT2D eigenvalue weighted by Crippen LogP contribution is -2.56. The summed E-state index contributed by atoms with van der Waals surface area (Å²) in [7, 11) is 0. The molecule has 0 radical (unpaired) electrons. The summed E-state index contributed by atoms with van der Waals surface area (Å²) >= 11 is 0. The highest BCUT2D eigenvalue weighted by atomic mass is 16.5. The molecule has 8 heteroatoms. The van der Waals surface area contributed by atoms with Gasteiger partial charge in [-0.1, -0.05) is 26.2 Å². The second kappa shape index (κ2) is 11.4. The Bertz CT molecular complexity index is 941. The topological polar surface area (TPSA) is 99.2 Å². The summed E-state index contributed by atoms with van der Waals surface area (Å²) in [5.41, 5.74) is 0.654. The second-order valence-corrected chi connectivity index (χ2v) is 10.2. The molecule has 0 aromatic heterocycles. The number of aryl methyl sites for hydroxylation is 1. The van der Waals surface area contributed by atoms with Crippen LogP contribution >= 0.6 is 0 Å². The number of aliphatic hydroxyl groups excluding tert-OH is 1. The third-order valence-corrected chi connectivity index (χ3v) is 7.19. The smallest absolute Gasteiger partial charge is 0.271 e. The Morgan fingerprint density at radius 3 is 2.54 bits per heavy atom. The number of carbonyl (C=O) groups excluding carboxylic acids is 3. The lowest BCUT2D eigenvalue weighted by Gasteiger charge is -2.41. The van der Waals surface area contributed by atoms with Gasteiger partial charge in [-0.3, -0.25) is 14.4 Å². The molecule has 0 spiro atoms. The number of hydrogen-bond donors (Lipinski definition) is 2. The zero-order chi connectivity index (χ0) is 25.8. The van der Waals surface area contributed by atoms with Gasteiger partial charge in [-0.25, -0.2) is 0 Å². The number of anilines is 1.